The molecule has 2 fully saturated rings. The molecule has 0 N–H and O–H groups in total. The highest BCUT2D eigenvalue weighted by atomic mass is 16.5. The van der Waals surface area contributed by atoms with Gasteiger partial charge in [-0.3, -0.25) is 9.59 Å². The van der Waals surface area contributed by atoms with E-state index >= 15 is 0 Å². The van der Waals surface area contributed by atoms with Gasteiger partial charge in [-0.1, -0.05) is 12.1 Å². The Bertz CT molecular complexity index is 849. The molecule has 28 heavy (non-hydrogen) atoms. The van der Waals surface area contributed by atoms with Crippen LogP contribution in [0.25, 0.3) is 0 Å². The van der Waals surface area contributed by atoms with E-state index in [1.165, 1.54) is 12.5 Å². The minimum Gasteiger partial charge on any atom is -0.472 e. The summed E-state index contributed by atoms with van der Waals surface area (Å²) in [6.45, 7) is 6.49. The van der Waals surface area contributed by atoms with E-state index in [0.29, 0.717) is 74.6 Å². The van der Waals surface area contributed by atoms with Crippen molar-refractivity contribution >= 4 is 11.8 Å². The predicted molar refractivity (Wildman–Crippen MR) is 99.1 cm³/mol. The van der Waals surface area contributed by atoms with Crippen LogP contribution in [0.15, 0.2) is 27.5 Å². The summed E-state index contributed by atoms with van der Waals surface area (Å²) in [4.78, 5) is 29.3. The summed E-state index contributed by atoms with van der Waals surface area (Å²) in [6, 6.07) is 1.68. The molecule has 0 saturated carbocycles. The van der Waals surface area contributed by atoms with E-state index in [4.69, 9.17) is 13.7 Å². The zero-order valence-electron chi connectivity index (χ0n) is 16.3. The van der Waals surface area contributed by atoms with Crippen molar-refractivity contribution in [1.82, 2.24) is 15.0 Å². The second-order valence-electron chi connectivity index (χ2n) is 7.48. The number of aryl methyl sites for hydroxylation is 2. The summed E-state index contributed by atoms with van der Waals surface area (Å²) >= 11 is 0. The van der Waals surface area contributed by atoms with Gasteiger partial charge < -0.3 is 23.5 Å². The van der Waals surface area contributed by atoms with E-state index in [1.54, 1.807) is 13.0 Å². The van der Waals surface area contributed by atoms with Crippen molar-refractivity contribution in [2.45, 2.75) is 38.7 Å². The highest BCUT2D eigenvalue weighted by Crippen LogP contribution is 2.32. The Balaban J connectivity index is 1.43. The summed E-state index contributed by atoms with van der Waals surface area (Å²) in [7, 11) is 0. The molecule has 2 aromatic rings. The highest BCUT2D eigenvalue weighted by Gasteiger charge is 2.42. The van der Waals surface area contributed by atoms with Gasteiger partial charge in [0.1, 0.15) is 17.6 Å². The lowest BCUT2D eigenvalue weighted by Gasteiger charge is -2.47. The Morgan fingerprint density at radius 2 is 1.96 bits per heavy atom. The molecule has 8 heteroatoms. The van der Waals surface area contributed by atoms with Crippen LogP contribution in [-0.2, 0) is 11.2 Å². The van der Waals surface area contributed by atoms with Gasteiger partial charge in [0.25, 0.3) is 11.8 Å². The molecular formula is C20H25N3O5. The number of likely N-dealkylation sites (tertiary alicyclic amines) is 1. The van der Waals surface area contributed by atoms with Crippen molar-refractivity contribution in [3.8, 4) is 0 Å². The first kappa shape index (κ1) is 18.7. The molecule has 2 aromatic heterocycles. The van der Waals surface area contributed by atoms with E-state index in [1.807, 2.05) is 16.7 Å². The summed E-state index contributed by atoms with van der Waals surface area (Å²) in [5.74, 6) is 0.484. The quantitative estimate of drug-likeness (QED) is 0.803. The largest absolute Gasteiger partial charge is 0.472 e. The topological polar surface area (TPSA) is 89.0 Å². The molecule has 0 radical (unpaired) electrons. The molecule has 4 rings (SSSR count). The smallest absolute Gasteiger partial charge is 0.259 e. The molecule has 8 nitrogen and oxygen atoms in total. The first-order valence-corrected chi connectivity index (χ1v) is 9.73. The van der Waals surface area contributed by atoms with Crippen molar-refractivity contribution < 1.29 is 23.3 Å². The molecule has 2 amide bonds. The third-order valence-corrected chi connectivity index (χ3v) is 5.75. The maximum Gasteiger partial charge on any atom is 0.259 e. The Morgan fingerprint density at radius 1 is 1.18 bits per heavy atom. The number of hydrogen-bond acceptors (Lipinski definition) is 6. The third kappa shape index (κ3) is 3.32. The minimum absolute atomic E-state index is 0.0278. The number of morpholine rings is 1. The molecule has 2 aliphatic heterocycles. The number of furan rings is 1. The second-order valence-corrected chi connectivity index (χ2v) is 7.48. The van der Waals surface area contributed by atoms with Crippen LogP contribution in [0, 0.1) is 6.92 Å². The monoisotopic (exact) mass is 387 g/mol. The Labute approximate surface area is 163 Å². The molecule has 1 spiro atoms. The normalized spacial score (nSPS) is 19.2. The summed E-state index contributed by atoms with van der Waals surface area (Å²) < 4.78 is 16.4. The summed E-state index contributed by atoms with van der Waals surface area (Å²) in [6.07, 6.45) is 5.02. The van der Waals surface area contributed by atoms with Gasteiger partial charge in [0.15, 0.2) is 0 Å². The maximum atomic E-state index is 13.1. The minimum atomic E-state index is -0.404. The molecule has 4 heterocycles. The summed E-state index contributed by atoms with van der Waals surface area (Å²) in [5, 5.41) is 4.00. The van der Waals surface area contributed by atoms with Crippen molar-refractivity contribution in [3.05, 3.63) is 41.2 Å². The van der Waals surface area contributed by atoms with Gasteiger partial charge in [-0.15, -0.1) is 0 Å². The number of carbonyl (C=O) groups is 2. The van der Waals surface area contributed by atoms with Crippen LogP contribution in [0.1, 0.15) is 51.9 Å². The Kier molecular flexibility index (Phi) is 4.97. The lowest BCUT2D eigenvalue weighted by molar-refractivity contribution is -0.123. The number of aromatic nitrogens is 1. The number of carbonyl (C=O) groups excluding carboxylic acids is 2. The zero-order valence-corrected chi connectivity index (χ0v) is 16.3. The number of amides is 2. The number of nitrogens with zero attached hydrogens (tertiary/aromatic N) is 3. The molecule has 2 aliphatic rings. The van der Waals surface area contributed by atoms with Crippen LogP contribution >= 0.6 is 0 Å². The molecule has 0 aliphatic carbocycles. The number of piperidine rings is 1. The van der Waals surface area contributed by atoms with Crippen LogP contribution in [0.4, 0.5) is 0 Å². The van der Waals surface area contributed by atoms with Gasteiger partial charge in [0.05, 0.1) is 36.3 Å². The third-order valence-electron chi connectivity index (χ3n) is 5.75. The van der Waals surface area contributed by atoms with Crippen LogP contribution < -0.4 is 0 Å². The van der Waals surface area contributed by atoms with Crippen LogP contribution in [0.3, 0.4) is 0 Å². The van der Waals surface area contributed by atoms with Gasteiger partial charge in [0, 0.05) is 19.6 Å². The highest BCUT2D eigenvalue weighted by molar-refractivity contribution is 5.96. The van der Waals surface area contributed by atoms with Crippen LogP contribution in [-0.4, -0.2) is 65.2 Å². The number of rotatable bonds is 3. The lowest BCUT2D eigenvalue weighted by atomic mass is 9.88. The van der Waals surface area contributed by atoms with Crippen LogP contribution in [0.2, 0.25) is 0 Å². The number of hydrogen-bond donors (Lipinski definition) is 0. The first-order valence-electron chi connectivity index (χ1n) is 9.73. The van der Waals surface area contributed by atoms with E-state index < -0.39 is 5.60 Å². The van der Waals surface area contributed by atoms with Gasteiger partial charge in [0.2, 0.25) is 0 Å². The first-order chi connectivity index (χ1) is 13.5. The van der Waals surface area contributed by atoms with E-state index in [-0.39, 0.29) is 11.8 Å². The molecule has 2 saturated heterocycles. The molecule has 0 atom stereocenters. The Morgan fingerprint density at radius 3 is 2.64 bits per heavy atom. The molecule has 0 unspecified atom stereocenters. The molecule has 0 bridgehead atoms. The molecule has 150 valence electrons. The van der Waals surface area contributed by atoms with E-state index in [2.05, 4.69) is 5.16 Å². The van der Waals surface area contributed by atoms with Gasteiger partial charge in [-0.25, -0.2) is 0 Å². The fraction of sp³-hybridized carbons (Fsp3) is 0.550. The van der Waals surface area contributed by atoms with Crippen molar-refractivity contribution in [3.63, 3.8) is 0 Å². The second kappa shape index (κ2) is 7.43. The average Bonchev–Trinajstić information content (AvgIpc) is 3.37. The molecular weight excluding hydrogens is 362 g/mol. The fourth-order valence-corrected chi connectivity index (χ4v) is 4.10. The lowest BCUT2D eigenvalue weighted by Crippen LogP contribution is -2.58. The van der Waals surface area contributed by atoms with Crippen molar-refractivity contribution in [2.75, 3.05) is 32.8 Å². The van der Waals surface area contributed by atoms with Gasteiger partial charge in [-0.05, 0) is 32.3 Å². The standard InChI is InChI=1S/C20H25N3O5/c1-3-16-17(14(2)28-21-16)19(25)23-9-11-27-20(13-23)5-7-22(8-6-20)18(24)15-4-10-26-12-15/h4,10,12H,3,5-9,11,13H2,1-2H3. The average molecular weight is 387 g/mol. The van der Waals surface area contributed by atoms with Crippen molar-refractivity contribution in [1.29, 1.82) is 0 Å². The fourth-order valence-electron chi connectivity index (χ4n) is 4.10. The Hall–Kier alpha value is -2.61. The van der Waals surface area contributed by atoms with Crippen molar-refractivity contribution in [2.24, 2.45) is 0 Å². The molecule has 0 aromatic carbocycles. The summed E-state index contributed by atoms with van der Waals surface area (Å²) in [5.41, 5.74) is 1.43. The maximum absolute atomic E-state index is 13.1. The van der Waals surface area contributed by atoms with Gasteiger partial charge >= 0.3 is 0 Å². The van der Waals surface area contributed by atoms with E-state index in [9.17, 15) is 9.59 Å². The number of ether oxygens (including phenoxy) is 1. The zero-order chi connectivity index (χ0) is 19.7. The predicted octanol–water partition coefficient (Wildman–Crippen LogP) is 2.29. The van der Waals surface area contributed by atoms with E-state index in [0.717, 1.165) is 0 Å². The SMILES string of the molecule is CCc1noc(C)c1C(=O)N1CCOC2(CCN(C(=O)c3ccoc3)CC2)C1. The van der Waals surface area contributed by atoms with Crippen LogP contribution in [0.5, 0.6) is 0 Å². The van der Waals surface area contributed by atoms with Gasteiger partial charge in [-0.2, -0.15) is 0 Å².